The van der Waals surface area contributed by atoms with E-state index >= 15 is 0 Å². The van der Waals surface area contributed by atoms with E-state index in [1.54, 1.807) is 24.3 Å². The maximum Gasteiger partial charge on any atom is 0.325 e. The predicted octanol–water partition coefficient (Wildman–Crippen LogP) is 6.37. The minimum Gasteiger partial charge on any atom is -0.310 e. The summed E-state index contributed by atoms with van der Waals surface area (Å²) < 4.78 is 0. The summed E-state index contributed by atoms with van der Waals surface area (Å²) in [6.07, 6.45) is 2.28. The van der Waals surface area contributed by atoms with Crippen LogP contribution in [0, 0.1) is 0 Å². The van der Waals surface area contributed by atoms with Crippen molar-refractivity contribution >= 4 is 23.5 Å². The molecule has 0 radical (unpaired) electrons. The Balaban J connectivity index is 1.13. The summed E-state index contributed by atoms with van der Waals surface area (Å²) in [7, 11) is 0. The maximum atomic E-state index is 14.6. The highest BCUT2D eigenvalue weighted by molar-refractivity contribution is 6.21. The molecule has 0 aromatic heterocycles. The zero-order valence-electron chi connectivity index (χ0n) is 24.7. The number of amides is 4. The number of benzene rings is 4. The van der Waals surface area contributed by atoms with E-state index in [1.807, 2.05) is 47.4 Å². The molecule has 4 aromatic rings. The molecule has 1 unspecified atom stereocenters. The fourth-order valence-corrected chi connectivity index (χ4v) is 7.05. The lowest BCUT2D eigenvalue weighted by atomic mass is 9.89. The van der Waals surface area contributed by atoms with Crippen molar-refractivity contribution in [3.63, 3.8) is 0 Å². The molecule has 44 heavy (non-hydrogen) atoms. The van der Waals surface area contributed by atoms with E-state index < -0.39 is 0 Å². The molecule has 1 fully saturated rings. The van der Waals surface area contributed by atoms with Crippen LogP contribution in [0.25, 0.3) is 0 Å². The molecule has 4 amide bonds. The van der Waals surface area contributed by atoms with Gasteiger partial charge in [-0.1, -0.05) is 91.0 Å². The standard InChI is InChI=1S/C37H36N4O3/c42-35-30-16-7-8-17-31(30)36(43)40(35)23-11-22-39-33-19-10-9-18-32(33)34(28-14-5-2-6-15-28)41(37(39)44)29-20-24-38(25-21-29)26-27-12-3-1-4-13-27/h1-10,12-19,29,34H,11,20-26H2. The van der Waals surface area contributed by atoms with Gasteiger partial charge in [0.15, 0.2) is 0 Å². The zero-order chi connectivity index (χ0) is 30.0. The topological polar surface area (TPSA) is 64.2 Å². The van der Waals surface area contributed by atoms with Gasteiger partial charge < -0.3 is 4.90 Å². The van der Waals surface area contributed by atoms with E-state index in [0.717, 1.165) is 49.3 Å². The fourth-order valence-electron chi connectivity index (χ4n) is 7.05. The number of urea groups is 1. The molecule has 1 atom stereocenters. The second-order valence-electron chi connectivity index (χ2n) is 11.9. The first-order valence-corrected chi connectivity index (χ1v) is 15.6. The van der Waals surface area contributed by atoms with Crippen molar-refractivity contribution < 1.29 is 14.4 Å². The Morgan fingerprint density at radius 1 is 0.614 bits per heavy atom. The van der Waals surface area contributed by atoms with E-state index in [4.69, 9.17) is 0 Å². The number of imide groups is 1. The third-order valence-electron chi connectivity index (χ3n) is 9.21. The molecule has 3 aliphatic rings. The van der Waals surface area contributed by atoms with Crippen LogP contribution in [-0.2, 0) is 6.54 Å². The first kappa shape index (κ1) is 28.0. The molecule has 0 N–H and O–H groups in total. The first-order chi connectivity index (χ1) is 21.6. The molecule has 7 nitrogen and oxygen atoms in total. The molecular weight excluding hydrogens is 548 g/mol. The highest BCUT2D eigenvalue weighted by atomic mass is 16.2. The first-order valence-electron chi connectivity index (χ1n) is 15.6. The Morgan fingerprint density at radius 2 is 1.18 bits per heavy atom. The molecule has 0 spiro atoms. The van der Waals surface area contributed by atoms with Gasteiger partial charge in [0.2, 0.25) is 0 Å². The minimum atomic E-state index is -0.260. The molecule has 1 saturated heterocycles. The molecule has 4 aromatic carbocycles. The average molecular weight is 585 g/mol. The third kappa shape index (κ3) is 5.18. The number of carbonyl (C=O) groups excluding carboxylic acids is 3. The summed E-state index contributed by atoms with van der Waals surface area (Å²) in [5.41, 5.74) is 5.31. The van der Waals surface area contributed by atoms with Crippen LogP contribution in [0.5, 0.6) is 0 Å². The smallest absolute Gasteiger partial charge is 0.310 e. The lowest BCUT2D eigenvalue weighted by Gasteiger charge is -2.48. The normalized spacial score (nSPS) is 19.0. The van der Waals surface area contributed by atoms with Gasteiger partial charge in [0.05, 0.1) is 22.9 Å². The quantitative estimate of drug-likeness (QED) is 0.226. The molecule has 3 aliphatic heterocycles. The van der Waals surface area contributed by atoms with Crippen molar-refractivity contribution in [1.82, 2.24) is 14.7 Å². The number of piperidine rings is 1. The van der Waals surface area contributed by atoms with E-state index in [1.165, 1.54) is 10.5 Å². The molecular formula is C37H36N4O3. The van der Waals surface area contributed by atoms with Gasteiger partial charge in [0, 0.05) is 44.3 Å². The second-order valence-corrected chi connectivity index (χ2v) is 11.9. The number of likely N-dealkylation sites (tertiary alicyclic amines) is 1. The number of para-hydroxylation sites is 1. The number of nitrogens with zero attached hydrogens (tertiary/aromatic N) is 4. The summed E-state index contributed by atoms with van der Waals surface area (Å²) >= 11 is 0. The number of fused-ring (bicyclic) bond motifs is 2. The van der Waals surface area contributed by atoms with Crippen molar-refractivity contribution in [2.45, 2.75) is 37.9 Å². The van der Waals surface area contributed by atoms with Crippen molar-refractivity contribution in [1.29, 1.82) is 0 Å². The molecule has 0 aliphatic carbocycles. The Hall–Kier alpha value is -4.75. The van der Waals surface area contributed by atoms with Crippen molar-refractivity contribution in [3.8, 4) is 0 Å². The van der Waals surface area contributed by atoms with Crippen LogP contribution < -0.4 is 4.90 Å². The fraction of sp³-hybridized carbons (Fsp3) is 0.270. The third-order valence-corrected chi connectivity index (χ3v) is 9.21. The monoisotopic (exact) mass is 584 g/mol. The van der Waals surface area contributed by atoms with Gasteiger partial charge in [0.25, 0.3) is 11.8 Å². The lowest BCUT2D eigenvalue weighted by Crippen LogP contribution is -2.56. The van der Waals surface area contributed by atoms with Gasteiger partial charge in [-0.2, -0.15) is 0 Å². The molecule has 222 valence electrons. The number of carbonyl (C=O) groups is 3. The SMILES string of the molecule is O=C1c2ccccc2C(=O)N1CCCN1C(=O)N(C2CCN(Cc3ccccc3)CC2)C(c2ccccc2)c2ccccc21. The Labute approximate surface area is 258 Å². The van der Waals surface area contributed by atoms with Crippen LogP contribution >= 0.6 is 0 Å². The summed E-state index contributed by atoms with van der Waals surface area (Å²) in [5, 5.41) is 0. The second kappa shape index (κ2) is 12.1. The van der Waals surface area contributed by atoms with Gasteiger partial charge in [-0.25, -0.2) is 4.79 Å². The largest absolute Gasteiger partial charge is 0.325 e. The van der Waals surface area contributed by atoms with Gasteiger partial charge >= 0.3 is 6.03 Å². The van der Waals surface area contributed by atoms with Gasteiger partial charge in [0.1, 0.15) is 0 Å². The number of anilines is 1. The number of rotatable bonds is 8. The lowest BCUT2D eigenvalue weighted by molar-refractivity contribution is 0.0653. The van der Waals surface area contributed by atoms with Gasteiger partial charge in [-0.3, -0.25) is 24.3 Å². The van der Waals surface area contributed by atoms with Gasteiger partial charge in [-0.15, -0.1) is 0 Å². The molecule has 3 heterocycles. The Bertz CT molecular complexity index is 1630. The number of hydrogen-bond acceptors (Lipinski definition) is 4. The van der Waals surface area contributed by atoms with Crippen molar-refractivity contribution in [2.24, 2.45) is 0 Å². The number of hydrogen-bond donors (Lipinski definition) is 0. The van der Waals surface area contributed by atoms with E-state index in [0.29, 0.717) is 24.1 Å². The van der Waals surface area contributed by atoms with Crippen molar-refractivity contribution in [2.75, 3.05) is 31.1 Å². The van der Waals surface area contributed by atoms with Crippen LogP contribution in [0.4, 0.5) is 10.5 Å². The van der Waals surface area contributed by atoms with Crippen LogP contribution in [0.1, 0.15) is 62.7 Å². The highest BCUT2D eigenvalue weighted by Gasteiger charge is 2.43. The van der Waals surface area contributed by atoms with Crippen LogP contribution in [0.3, 0.4) is 0 Å². The van der Waals surface area contributed by atoms with Crippen LogP contribution in [0.2, 0.25) is 0 Å². The van der Waals surface area contributed by atoms with E-state index in [2.05, 4.69) is 52.3 Å². The van der Waals surface area contributed by atoms with Crippen molar-refractivity contribution in [3.05, 3.63) is 137 Å². The summed E-state index contributed by atoms with van der Waals surface area (Å²) in [6.45, 7) is 3.43. The highest BCUT2D eigenvalue weighted by Crippen LogP contribution is 2.43. The van der Waals surface area contributed by atoms with Crippen LogP contribution in [0.15, 0.2) is 109 Å². The van der Waals surface area contributed by atoms with E-state index in [9.17, 15) is 14.4 Å². The maximum absolute atomic E-state index is 14.6. The van der Waals surface area contributed by atoms with E-state index in [-0.39, 0.29) is 36.5 Å². The van der Waals surface area contributed by atoms with Gasteiger partial charge in [-0.05, 0) is 48.6 Å². The molecule has 0 bridgehead atoms. The summed E-state index contributed by atoms with van der Waals surface area (Å²) in [5.74, 6) is -0.520. The Morgan fingerprint density at radius 3 is 1.86 bits per heavy atom. The minimum absolute atomic E-state index is 0.0126. The molecule has 7 heteroatoms. The summed E-state index contributed by atoms with van der Waals surface area (Å²) in [6, 6.07) is 35.9. The zero-order valence-corrected chi connectivity index (χ0v) is 24.7. The Kier molecular flexibility index (Phi) is 7.71. The summed E-state index contributed by atoms with van der Waals surface area (Å²) in [4.78, 5) is 48.3. The average Bonchev–Trinajstić information content (AvgIpc) is 3.31. The van der Waals surface area contributed by atoms with Crippen LogP contribution in [-0.4, -0.2) is 64.8 Å². The molecule has 0 saturated carbocycles. The molecule has 7 rings (SSSR count). The predicted molar refractivity (Wildman–Crippen MR) is 170 cm³/mol.